The maximum Gasteiger partial charge on any atom is 0.332 e. The summed E-state index contributed by atoms with van der Waals surface area (Å²) in [5, 5.41) is 4.21. The normalized spacial score (nSPS) is 10.9. The number of para-hydroxylation sites is 1. The van der Waals surface area contributed by atoms with E-state index in [-0.39, 0.29) is 13.1 Å². The molecule has 4 aromatic rings. The lowest BCUT2D eigenvalue weighted by Gasteiger charge is -2.14. The van der Waals surface area contributed by atoms with Gasteiger partial charge in [0.1, 0.15) is 6.54 Å². The number of nitrogens with one attached hydrogen (secondary N) is 1. The number of aromatic nitrogens is 2. The number of carbonyl (C=O) groups is 1. The minimum atomic E-state index is -0.565. The number of hydrogen-bond acceptors (Lipinski definition) is 3. The van der Waals surface area contributed by atoms with Gasteiger partial charge in [-0.15, -0.1) is 0 Å². The molecule has 0 saturated carbocycles. The standard InChI is InChI=1S/C23H17Cl2N3O3/c24-16-7-5-15(6-8-16)13-28-22(30)19-3-1-2-4-20(19)27(23(28)31)14-21(29)26-18-11-9-17(25)10-12-18/h1-12H,13-14H2,(H,26,29). The van der Waals surface area contributed by atoms with Crippen LogP contribution in [0.15, 0.2) is 82.4 Å². The molecular weight excluding hydrogens is 437 g/mol. The van der Waals surface area contributed by atoms with Crippen LogP contribution < -0.4 is 16.6 Å². The number of rotatable bonds is 5. The minimum absolute atomic E-state index is 0.0679. The van der Waals surface area contributed by atoms with Crippen molar-refractivity contribution in [1.82, 2.24) is 9.13 Å². The van der Waals surface area contributed by atoms with Crippen molar-refractivity contribution in [2.24, 2.45) is 0 Å². The maximum absolute atomic E-state index is 13.2. The summed E-state index contributed by atoms with van der Waals surface area (Å²) >= 11 is 11.8. The van der Waals surface area contributed by atoms with Crippen molar-refractivity contribution in [2.75, 3.05) is 5.32 Å². The van der Waals surface area contributed by atoms with Crippen LogP contribution in [0.5, 0.6) is 0 Å². The van der Waals surface area contributed by atoms with Crippen molar-refractivity contribution >= 4 is 45.7 Å². The van der Waals surface area contributed by atoms with Crippen LogP contribution in [0, 0.1) is 0 Å². The smallest absolute Gasteiger partial charge is 0.325 e. The Kier molecular flexibility index (Phi) is 5.93. The lowest BCUT2D eigenvalue weighted by atomic mass is 10.2. The van der Waals surface area contributed by atoms with Gasteiger partial charge in [-0.3, -0.25) is 18.7 Å². The Morgan fingerprint density at radius 1 is 0.806 bits per heavy atom. The predicted octanol–water partition coefficient (Wildman–Crippen LogP) is 4.16. The van der Waals surface area contributed by atoms with E-state index in [0.717, 1.165) is 10.1 Å². The number of benzene rings is 3. The molecule has 4 rings (SSSR count). The molecule has 6 nitrogen and oxygen atoms in total. The predicted molar refractivity (Wildman–Crippen MR) is 123 cm³/mol. The highest BCUT2D eigenvalue weighted by Crippen LogP contribution is 2.14. The summed E-state index contributed by atoms with van der Waals surface area (Å²) in [6.07, 6.45) is 0. The van der Waals surface area contributed by atoms with Crippen molar-refractivity contribution < 1.29 is 4.79 Å². The Bertz CT molecular complexity index is 1370. The summed E-state index contributed by atoms with van der Waals surface area (Å²) in [6, 6.07) is 20.3. The van der Waals surface area contributed by atoms with Gasteiger partial charge in [0.25, 0.3) is 5.56 Å². The zero-order valence-corrected chi connectivity index (χ0v) is 17.7. The second-order valence-corrected chi connectivity index (χ2v) is 7.83. The first-order valence-corrected chi connectivity index (χ1v) is 10.2. The highest BCUT2D eigenvalue weighted by atomic mass is 35.5. The van der Waals surface area contributed by atoms with E-state index in [2.05, 4.69) is 5.32 Å². The SMILES string of the molecule is O=C(Cn1c(=O)n(Cc2ccc(Cl)cc2)c(=O)c2ccccc21)Nc1ccc(Cl)cc1. The van der Waals surface area contributed by atoms with Crippen molar-refractivity contribution in [3.05, 3.63) is 109 Å². The zero-order chi connectivity index (χ0) is 22.0. The topological polar surface area (TPSA) is 73.1 Å². The molecule has 1 aromatic heterocycles. The van der Waals surface area contributed by atoms with Gasteiger partial charge in [-0.2, -0.15) is 0 Å². The van der Waals surface area contributed by atoms with Gasteiger partial charge in [-0.25, -0.2) is 4.79 Å². The maximum atomic E-state index is 13.2. The summed E-state index contributed by atoms with van der Waals surface area (Å²) in [5.41, 5.74) is 0.725. The number of hydrogen-bond donors (Lipinski definition) is 1. The molecule has 0 atom stereocenters. The molecule has 0 aliphatic heterocycles. The van der Waals surface area contributed by atoms with E-state index in [4.69, 9.17) is 23.2 Å². The molecule has 0 spiro atoms. The highest BCUT2D eigenvalue weighted by molar-refractivity contribution is 6.30. The lowest BCUT2D eigenvalue weighted by molar-refractivity contribution is -0.116. The van der Waals surface area contributed by atoms with E-state index in [1.54, 1.807) is 72.8 Å². The van der Waals surface area contributed by atoms with E-state index in [1.165, 1.54) is 4.57 Å². The number of halogens is 2. The average Bonchev–Trinajstić information content (AvgIpc) is 2.77. The molecule has 0 aliphatic rings. The Morgan fingerprint density at radius 3 is 2.10 bits per heavy atom. The van der Waals surface area contributed by atoms with Gasteiger partial charge in [-0.05, 0) is 54.1 Å². The van der Waals surface area contributed by atoms with Crippen LogP contribution in [0.3, 0.4) is 0 Å². The van der Waals surface area contributed by atoms with E-state index < -0.39 is 17.2 Å². The molecular formula is C23H17Cl2N3O3. The van der Waals surface area contributed by atoms with Gasteiger partial charge in [0.2, 0.25) is 5.91 Å². The number of amides is 1. The first-order valence-electron chi connectivity index (χ1n) is 9.44. The monoisotopic (exact) mass is 453 g/mol. The number of fused-ring (bicyclic) bond motifs is 1. The van der Waals surface area contributed by atoms with Crippen LogP contribution in [0.2, 0.25) is 10.0 Å². The second-order valence-electron chi connectivity index (χ2n) is 6.96. The second kappa shape index (κ2) is 8.79. The molecule has 31 heavy (non-hydrogen) atoms. The first-order chi connectivity index (χ1) is 14.9. The largest absolute Gasteiger partial charge is 0.332 e. The number of anilines is 1. The molecule has 0 bridgehead atoms. The fourth-order valence-electron chi connectivity index (χ4n) is 3.31. The highest BCUT2D eigenvalue weighted by Gasteiger charge is 2.15. The molecule has 0 saturated heterocycles. The van der Waals surface area contributed by atoms with Gasteiger partial charge in [0.05, 0.1) is 17.4 Å². The molecule has 1 heterocycles. The summed E-state index contributed by atoms with van der Waals surface area (Å²) in [6.45, 7) is -0.179. The quantitative estimate of drug-likeness (QED) is 0.492. The third-order valence-corrected chi connectivity index (χ3v) is 5.32. The molecule has 0 unspecified atom stereocenters. The van der Waals surface area contributed by atoms with Crippen molar-refractivity contribution in [3.63, 3.8) is 0 Å². The molecule has 1 amide bonds. The van der Waals surface area contributed by atoms with E-state index in [1.807, 2.05) is 0 Å². The first kappa shape index (κ1) is 20.9. The Hall–Kier alpha value is -3.35. The van der Waals surface area contributed by atoms with Crippen LogP contribution in [-0.4, -0.2) is 15.0 Å². The van der Waals surface area contributed by atoms with Crippen molar-refractivity contribution in [2.45, 2.75) is 13.1 Å². The average molecular weight is 454 g/mol. The Balaban J connectivity index is 1.74. The van der Waals surface area contributed by atoms with Gasteiger partial charge >= 0.3 is 5.69 Å². The molecule has 1 N–H and O–H groups in total. The van der Waals surface area contributed by atoms with Crippen LogP contribution in [0.1, 0.15) is 5.56 Å². The van der Waals surface area contributed by atoms with Gasteiger partial charge in [0.15, 0.2) is 0 Å². The molecule has 3 aromatic carbocycles. The number of carbonyl (C=O) groups excluding carboxylic acids is 1. The van der Waals surface area contributed by atoms with Gasteiger partial charge < -0.3 is 5.32 Å². The van der Waals surface area contributed by atoms with Crippen molar-refractivity contribution in [1.29, 1.82) is 0 Å². The minimum Gasteiger partial charge on any atom is -0.325 e. The summed E-state index contributed by atoms with van der Waals surface area (Å²) in [4.78, 5) is 38.9. The summed E-state index contributed by atoms with van der Waals surface area (Å²) in [7, 11) is 0. The Morgan fingerprint density at radius 2 is 1.42 bits per heavy atom. The van der Waals surface area contributed by atoms with E-state index in [0.29, 0.717) is 26.6 Å². The molecule has 0 aliphatic carbocycles. The molecule has 156 valence electrons. The van der Waals surface area contributed by atoms with Crippen LogP contribution in [0.25, 0.3) is 10.9 Å². The number of nitrogens with zero attached hydrogens (tertiary/aromatic N) is 2. The van der Waals surface area contributed by atoms with E-state index >= 15 is 0 Å². The Labute approximate surface area is 187 Å². The van der Waals surface area contributed by atoms with Crippen molar-refractivity contribution in [3.8, 4) is 0 Å². The summed E-state index contributed by atoms with van der Waals surface area (Å²) in [5.74, 6) is -0.397. The van der Waals surface area contributed by atoms with Crippen LogP contribution >= 0.6 is 23.2 Å². The third-order valence-electron chi connectivity index (χ3n) is 4.82. The lowest BCUT2D eigenvalue weighted by Crippen LogP contribution is -2.42. The van der Waals surface area contributed by atoms with Gasteiger partial charge in [-0.1, -0.05) is 47.5 Å². The fourth-order valence-corrected chi connectivity index (χ4v) is 3.56. The fraction of sp³-hybridized carbons (Fsp3) is 0.0870. The van der Waals surface area contributed by atoms with E-state index in [9.17, 15) is 14.4 Å². The zero-order valence-electron chi connectivity index (χ0n) is 16.2. The van der Waals surface area contributed by atoms with Crippen LogP contribution in [0.4, 0.5) is 5.69 Å². The molecule has 0 radical (unpaired) electrons. The molecule has 0 fully saturated rings. The molecule has 8 heteroatoms. The van der Waals surface area contributed by atoms with Crippen LogP contribution in [-0.2, 0) is 17.9 Å². The summed E-state index contributed by atoms with van der Waals surface area (Å²) < 4.78 is 2.43. The van der Waals surface area contributed by atoms with Gasteiger partial charge in [0, 0.05) is 15.7 Å². The third kappa shape index (κ3) is 4.55.